The molecule has 0 radical (unpaired) electrons. The third kappa shape index (κ3) is 3.37. The molecule has 0 bridgehead atoms. The lowest BCUT2D eigenvalue weighted by Crippen LogP contribution is -1.91. The molecule has 0 aliphatic carbocycles. The van der Waals surface area contributed by atoms with Crippen molar-refractivity contribution in [2.75, 3.05) is 0 Å². The topological polar surface area (TPSA) is 0 Å². The van der Waals surface area contributed by atoms with E-state index in [4.69, 9.17) is 0 Å². The molecular weight excluding hydrogens is 276 g/mol. The van der Waals surface area contributed by atoms with Gasteiger partial charge in [-0.1, -0.05) is 80.1 Å². The second-order valence-corrected chi connectivity index (χ2v) is 6.15. The van der Waals surface area contributed by atoms with E-state index in [1.807, 2.05) is 0 Å². The van der Waals surface area contributed by atoms with Crippen LogP contribution in [-0.4, -0.2) is 0 Å². The van der Waals surface area contributed by atoms with Gasteiger partial charge in [0.15, 0.2) is 0 Å². The maximum absolute atomic E-state index is 2.36. The van der Waals surface area contributed by atoms with Gasteiger partial charge < -0.3 is 0 Å². The van der Waals surface area contributed by atoms with E-state index in [-0.39, 0.29) is 0 Å². The third-order valence-electron chi connectivity index (χ3n) is 4.52. The molecule has 0 N–H and O–H groups in total. The van der Waals surface area contributed by atoms with E-state index in [1.165, 1.54) is 38.9 Å². The largest absolute Gasteiger partial charge is 0.0613 e. The van der Waals surface area contributed by atoms with Crippen LogP contribution in [0.25, 0.3) is 22.3 Å². The van der Waals surface area contributed by atoms with Crippen LogP contribution < -0.4 is 0 Å². The highest BCUT2D eigenvalue weighted by atomic mass is 14.1. The van der Waals surface area contributed by atoms with E-state index < -0.39 is 0 Å². The number of benzene rings is 3. The number of hydrogen-bond acceptors (Lipinski definition) is 0. The van der Waals surface area contributed by atoms with Crippen LogP contribution in [0, 0.1) is 6.92 Å². The van der Waals surface area contributed by atoms with Crippen LogP contribution in [0.3, 0.4) is 0 Å². The first-order valence-electron chi connectivity index (χ1n) is 8.50. The zero-order valence-corrected chi connectivity index (χ0v) is 14.3. The highest BCUT2D eigenvalue weighted by Crippen LogP contribution is 2.29. The predicted molar refractivity (Wildman–Crippen MR) is 101 cm³/mol. The molecule has 0 saturated carbocycles. The smallest absolute Gasteiger partial charge is 0.0152 e. The number of aryl methyl sites for hydroxylation is 3. The Kier molecular flexibility index (Phi) is 4.62. The Morgan fingerprint density at radius 1 is 0.652 bits per heavy atom. The molecule has 0 atom stereocenters. The van der Waals surface area contributed by atoms with Crippen molar-refractivity contribution in [3.05, 3.63) is 83.4 Å². The third-order valence-corrected chi connectivity index (χ3v) is 4.52. The fraction of sp³-hybridized carbons (Fsp3) is 0.217. The molecule has 116 valence electrons. The second-order valence-electron chi connectivity index (χ2n) is 6.15. The van der Waals surface area contributed by atoms with Gasteiger partial charge in [0.25, 0.3) is 0 Å². The molecule has 0 heterocycles. The molecule has 0 nitrogen and oxygen atoms in total. The number of hydrogen-bond donors (Lipinski definition) is 0. The minimum atomic E-state index is 1.07. The van der Waals surface area contributed by atoms with Gasteiger partial charge in [-0.25, -0.2) is 0 Å². The van der Waals surface area contributed by atoms with Gasteiger partial charge >= 0.3 is 0 Å². The molecule has 3 aromatic rings. The van der Waals surface area contributed by atoms with Crippen LogP contribution in [0.5, 0.6) is 0 Å². The van der Waals surface area contributed by atoms with E-state index in [0.29, 0.717) is 0 Å². The van der Waals surface area contributed by atoms with Crippen LogP contribution in [0.1, 0.15) is 30.5 Å². The average molecular weight is 300 g/mol. The summed E-state index contributed by atoms with van der Waals surface area (Å²) in [6.07, 6.45) is 2.16. The van der Waals surface area contributed by atoms with Gasteiger partial charge in [0.1, 0.15) is 0 Å². The standard InChI is InChI=1S/C23H24/c1-4-18-11-14-23(19(5-2)15-18)22-8-6-7-21(16-22)20-12-9-17(3)10-13-20/h6-16H,4-5H2,1-3H3. The fourth-order valence-corrected chi connectivity index (χ4v) is 3.05. The van der Waals surface area contributed by atoms with Crippen molar-refractivity contribution >= 4 is 0 Å². The lowest BCUT2D eigenvalue weighted by Gasteiger charge is -2.12. The summed E-state index contributed by atoms with van der Waals surface area (Å²) in [6, 6.07) is 24.5. The molecule has 23 heavy (non-hydrogen) atoms. The van der Waals surface area contributed by atoms with Crippen molar-refractivity contribution in [1.29, 1.82) is 0 Å². The summed E-state index contributed by atoms with van der Waals surface area (Å²) < 4.78 is 0. The molecule has 0 heteroatoms. The van der Waals surface area contributed by atoms with Crippen LogP contribution in [0.4, 0.5) is 0 Å². The minimum absolute atomic E-state index is 1.07. The van der Waals surface area contributed by atoms with E-state index >= 15 is 0 Å². The van der Waals surface area contributed by atoms with Gasteiger partial charge in [-0.2, -0.15) is 0 Å². The first-order valence-corrected chi connectivity index (χ1v) is 8.50. The zero-order valence-electron chi connectivity index (χ0n) is 14.3. The van der Waals surface area contributed by atoms with Crippen molar-refractivity contribution < 1.29 is 0 Å². The molecule has 3 rings (SSSR count). The van der Waals surface area contributed by atoms with E-state index in [2.05, 4.69) is 87.5 Å². The highest BCUT2D eigenvalue weighted by Gasteiger charge is 2.06. The Morgan fingerprint density at radius 3 is 2.09 bits per heavy atom. The number of rotatable bonds is 4. The minimum Gasteiger partial charge on any atom is -0.0613 e. The van der Waals surface area contributed by atoms with E-state index in [0.717, 1.165) is 12.8 Å². The summed E-state index contributed by atoms with van der Waals surface area (Å²) in [5, 5.41) is 0. The summed E-state index contributed by atoms with van der Waals surface area (Å²) in [7, 11) is 0. The van der Waals surface area contributed by atoms with Gasteiger partial charge in [-0.05, 0) is 59.2 Å². The van der Waals surface area contributed by atoms with Gasteiger partial charge in [-0.3, -0.25) is 0 Å². The molecule has 0 spiro atoms. The molecule has 0 unspecified atom stereocenters. The van der Waals surface area contributed by atoms with Crippen LogP contribution in [0.2, 0.25) is 0 Å². The molecule has 0 amide bonds. The van der Waals surface area contributed by atoms with Crippen molar-refractivity contribution in [2.45, 2.75) is 33.6 Å². The molecule has 0 fully saturated rings. The predicted octanol–water partition coefficient (Wildman–Crippen LogP) is 6.45. The molecule has 0 aromatic heterocycles. The SMILES string of the molecule is CCc1ccc(-c2cccc(-c3ccc(C)cc3)c2)c(CC)c1. The summed E-state index contributed by atoms with van der Waals surface area (Å²) >= 11 is 0. The van der Waals surface area contributed by atoms with Gasteiger partial charge in [0.2, 0.25) is 0 Å². The van der Waals surface area contributed by atoms with Crippen LogP contribution in [-0.2, 0) is 12.8 Å². The van der Waals surface area contributed by atoms with Crippen molar-refractivity contribution in [2.24, 2.45) is 0 Å². The molecule has 3 aromatic carbocycles. The molecular formula is C23H24. The Bertz CT molecular complexity index is 795. The van der Waals surface area contributed by atoms with E-state index in [1.54, 1.807) is 0 Å². The Morgan fingerprint density at radius 2 is 1.39 bits per heavy atom. The van der Waals surface area contributed by atoms with E-state index in [9.17, 15) is 0 Å². The second kappa shape index (κ2) is 6.83. The van der Waals surface area contributed by atoms with Crippen molar-refractivity contribution in [1.82, 2.24) is 0 Å². The molecule has 0 saturated heterocycles. The lowest BCUT2D eigenvalue weighted by molar-refractivity contribution is 1.09. The maximum Gasteiger partial charge on any atom is -0.0152 e. The summed E-state index contributed by atoms with van der Waals surface area (Å²) in [5.41, 5.74) is 9.38. The Labute approximate surface area is 139 Å². The first kappa shape index (κ1) is 15.6. The highest BCUT2D eigenvalue weighted by molar-refractivity contribution is 5.75. The lowest BCUT2D eigenvalue weighted by atomic mass is 9.93. The maximum atomic E-state index is 2.36. The Balaban J connectivity index is 2.04. The average Bonchev–Trinajstić information content (AvgIpc) is 2.62. The van der Waals surface area contributed by atoms with Crippen molar-refractivity contribution in [3.63, 3.8) is 0 Å². The quantitative estimate of drug-likeness (QED) is 0.519. The van der Waals surface area contributed by atoms with Gasteiger partial charge in [0.05, 0.1) is 0 Å². The van der Waals surface area contributed by atoms with Crippen molar-refractivity contribution in [3.8, 4) is 22.3 Å². The normalized spacial score (nSPS) is 10.7. The first-order chi connectivity index (χ1) is 11.2. The summed E-state index contributed by atoms with van der Waals surface area (Å²) in [6.45, 7) is 6.58. The Hall–Kier alpha value is -2.34. The van der Waals surface area contributed by atoms with Crippen LogP contribution >= 0.6 is 0 Å². The van der Waals surface area contributed by atoms with Gasteiger partial charge in [-0.15, -0.1) is 0 Å². The molecule has 0 aliphatic heterocycles. The fourth-order valence-electron chi connectivity index (χ4n) is 3.05. The summed E-state index contributed by atoms with van der Waals surface area (Å²) in [4.78, 5) is 0. The monoisotopic (exact) mass is 300 g/mol. The molecule has 0 aliphatic rings. The summed E-state index contributed by atoms with van der Waals surface area (Å²) in [5.74, 6) is 0. The van der Waals surface area contributed by atoms with Gasteiger partial charge in [0, 0.05) is 0 Å². The van der Waals surface area contributed by atoms with Crippen LogP contribution in [0.15, 0.2) is 66.7 Å². The zero-order chi connectivity index (χ0) is 16.2.